The maximum Gasteiger partial charge on any atom is 0.422 e. The lowest BCUT2D eigenvalue weighted by atomic mass is 9.69. The number of alkyl carbamates (subject to hydrolysis) is 1. The molecule has 0 unspecified atom stereocenters. The molecule has 0 saturated heterocycles. The Labute approximate surface area is 118 Å². The molecule has 1 aliphatic carbocycles. The van der Waals surface area contributed by atoms with Gasteiger partial charge in [0.25, 0.3) is 0 Å². The zero-order valence-corrected chi connectivity index (χ0v) is 12.3. The molecule has 0 atom stereocenters. The first-order valence-electron chi connectivity index (χ1n) is 7.14. The van der Waals surface area contributed by atoms with Gasteiger partial charge < -0.3 is 10.1 Å². The van der Waals surface area contributed by atoms with Gasteiger partial charge in [0.05, 0.1) is 0 Å². The molecule has 0 aromatic heterocycles. The van der Waals surface area contributed by atoms with Crippen LogP contribution in [0, 0.1) is 11.3 Å². The van der Waals surface area contributed by atoms with Crippen molar-refractivity contribution in [2.24, 2.45) is 11.3 Å². The van der Waals surface area contributed by atoms with Gasteiger partial charge in [-0.05, 0) is 37.0 Å². The van der Waals surface area contributed by atoms with Crippen LogP contribution in [-0.2, 0) is 4.74 Å². The number of hydrogen-bond donors (Lipinski definition) is 1. The number of carbonyl (C=O) groups is 1. The first-order valence-corrected chi connectivity index (χ1v) is 7.14. The number of hydrogen-bond acceptors (Lipinski definition) is 2. The van der Waals surface area contributed by atoms with Crippen LogP contribution in [0.25, 0.3) is 0 Å². The van der Waals surface area contributed by atoms with Crippen molar-refractivity contribution in [3.05, 3.63) is 0 Å². The minimum absolute atomic E-state index is 0.0698. The van der Waals surface area contributed by atoms with Crippen molar-refractivity contribution in [3.8, 4) is 0 Å². The van der Waals surface area contributed by atoms with Crippen LogP contribution in [0.1, 0.15) is 52.9 Å². The second kappa shape index (κ2) is 6.68. The van der Waals surface area contributed by atoms with Gasteiger partial charge >= 0.3 is 12.3 Å². The van der Waals surface area contributed by atoms with E-state index < -0.39 is 18.9 Å². The van der Waals surface area contributed by atoms with Crippen molar-refractivity contribution in [2.75, 3.05) is 6.61 Å². The van der Waals surface area contributed by atoms with E-state index in [-0.39, 0.29) is 11.5 Å². The lowest BCUT2D eigenvalue weighted by Gasteiger charge is -2.38. The summed E-state index contributed by atoms with van der Waals surface area (Å²) in [6, 6.07) is -0.0698. The molecule has 1 saturated carbocycles. The maximum atomic E-state index is 11.9. The predicted molar refractivity (Wildman–Crippen MR) is 70.4 cm³/mol. The third-order valence-electron chi connectivity index (χ3n) is 4.43. The van der Waals surface area contributed by atoms with Crippen molar-refractivity contribution >= 4 is 6.09 Å². The Hall–Kier alpha value is -0.940. The molecule has 0 heterocycles. The fourth-order valence-electron chi connectivity index (χ4n) is 2.66. The van der Waals surface area contributed by atoms with Gasteiger partial charge in [-0.3, -0.25) is 0 Å². The highest BCUT2D eigenvalue weighted by Crippen LogP contribution is 2.40. The lowest BCUT2D eigenvalue weighted by molar-refractivity contribution is -0.160. The van der Waals surface area contributed by atoms with Crippen molar-refractivity contribution in [2.45, 2.75) is 65.1 Å². The molecule has 6 heteroatoms. The topological polar surface area (TPSA) is 38.3 Å². The molecule has 1 amide bonds. The first-order chi connectivity index (χ1) is 9.14. The molecular formula is C14H24F3NO2. The summed E-state index contributed by atoms with van der Waals surface area (Å²) in [5, 5.41) is 2.52. The third kappa shape index (κ3) is 5.59. The van der Waals surface area contributed by atoms with Gasteiger partial charge in [0.2, 0.25) is 0 Å². The van der Waals surface area contributed by atoms with Crippen LogP contribution in [0.3, 0.4) is 0 Å². The molecule has 20 heavy (non-hydrogen) atoms. The normalized spacial score (nSPS) is 24.3. The summed E-state index contributed by atoms with van der Waals surface area (Å²) in [5.41, 5.74) is 0.280. The Balaban J connectivity index is 2.30. The van der Waals surface area contributed by atoms with Crippen molar-refractivity contribution in [1.82, 2.24) is 5.32 Å². The monoisotopic (exact) mass is 295 g/mol. The second-order valence-corrected chi connectivity index (χ2v) is 6.23. The smallest absolute Gasteiger partial charge is 0.422 e. The molecule has 1 fully saturated rings. The van der Waals surface area contributed by atoms with Gasteiger partial charge in [0.15, 0.2) is 6.61 Å². The molecule has 3 nitrogen and oxygen atoms in total. The van der Waals surface area contributed by atoms with E-state index in [0.717, 1.165) is 32.1 Å². The summed E-state index contributed by atoms with van der Waals surface area (Å²) in [5.74, 6) is 0.608. The zero-order valence-electron chi connectivity index (χ0n) is 12.3. The van der Waals surface area contributed by atoms with E-state index in [4.69, 9.17) is 0 Å². The number of nitrogens with one attached hydrogen (secondary N) is 1. The number of carbonyl (C=O) groups excluding carboxylic acids is 1. The summed E-state index contributed by atoms with van der Waals surface area (Å²) >= 11 is 0. The number of halogens is 3. The second-order valence-electron chi connectivity index (χ2n) is 6.23. The van der Waals surface area contributed by atoms with Crippen molar-refractivity contribution < 1.29 is 22.7 Å². The van der Waals surface area contributed by atoms with Gasteiger partial charge in [-0.15, -0.1) is 0 Å². The minimum atomic E-state index is -4.47. The summed E-state index contributed by atoms with van der Waals surface area (Å²) in [7, 11) is 0. The number of ether oxygens (including phenoxy) is 1. The fourth-order valence-corrected chi connectivity index (χ4v) is 2.66. The van der Waals surface area contributed by atoms with Crippen molar-refractivity contribution in [3.63, 3.8) is 0 Å². The van der Waals surface area contributed by atoms with E-state index in [9.17, 15) is 18.0 Å². The molecule has 1 N–H and O–H groups in total. The Morgan fingerprint density at radius 3 is 2.20 bits per heavy atom. The molecular weight excluding hydrogens is 271 g/mol. The van der Waals surface area contributed by atoms with Crippen LogP contribution in [0.2, 0.25) is 0 Å². The highest BCUT2D eigenvalue weighted by molar-refractivity contribution is 5.67. The molecule has 1 aliphatic rings. The molecule has 118 valence electrons. The van der Waals surface area contributed by atoms with Gasteiger partial charge in [0.1, 0.15) is 0 Å². The Kier molecular flexibility index (Phi) is 5.71. The number of amides is 1. The summed E-state index contributed by atoms with van der Waals surface area (Å²) < 4.78 is 39.9. The summed E-state index contributed by atoms with van der Waals surface area (Å²) in [6.45, 7) is 5.11. The van der Waals surface area contributed by atoms with Crippen LogP contribution in [0.5, 0.6) is 0 Å². The quantitative estimate of drug-likeness (QED) is 0.841. The Morgan fingerprint density at radius 1 is 1.20 bits per heavy atom. The number of rotatable bonds is 4. The molecule has 0 radical (unpaired) electrons. The van der Waals surface area contributed by atoms with E-state index in [1.807, 2.05) is 0 Å². The standard InChI is InChI=1S/C14H24F3NO2/c1-4-13(2,3)10-5-7-11(8-6-10)18-12(19)20-9-14(15,16)17/h10-11H,4-9H2,1-3H3,(H,18,19). The largest absolute Gasteiger partial charge is 0.440 e. The van der Waals surface area contributed by atoms with E-state index in [0.29, 0.717) is 5.92 Å². The van der Waals surface area contributed by atoms with Crippen LogP contribution >= 0.6 is 0 Å². The first kappa shape index (κ1) is 17.1. The summed E-state index contributed by atoms with van der Waals surface area (Å²) in [4.78, 5) is 11.3. The Bertz CT molecular complexity index is 321. The molecule has 0 aliphatic heterocycles. The third-order valence-corrected chi connectivity index (χ3v) is 4.43. The van der Waals surface area contributed by atoms with Crippen LogP contribution in [-0.4, -0.2) is 24.9 Å². The van der Waals surface area contributed by atoms with E-state index in [1.165, 1.54) is 0 Å². The molecule has 0 aromatic carbocycles. The maximum absolute atomic E-state index is 11.9. The fraction of sp³-hybridized carbons (Fsp3) is 0.929. The molecule has 0 aromatic rings. The van der Waals surface area contributed by atoms with Crippen molar-refractivity contribution in [1.29, 1.82) is 0 Å². The van der Waals surface area contributed by atoms with E-state index >= 15 is 0 Å². The highest BCUT2D eigenvalue weighted by atomic mass is 19.4. The van der Waals surface area contributed by atoms with Crippen LogP contribution in [0.4, 0.5) is 18.0 Å². The summed E-state index contributed by atoms with van der Waals surface area (Å²) in [6.07, 6.45) is -0.759. The highest BCUT2D eigenvalue weighted by Gasteiger charge is 2.33. The lowest BCUT2D eigenvalue weighted by Crippen LogP contribution is -2.41. The van der Waals surface area contributed by atoms with Gasteiger partial charge in [-0.2, -0.15) is 13.2 Å². The average molecular weight is 295 g/mol. The Morgan fingerprint density at radius 2 is 1.75 bits per heavy atom. The number of alkyl halides is 3. The van der Waals surface area contributed by atoms with Gasteiger partial charge in [0, 0.05) is 6.04 Å². The average Bonchev–Trinajstić information content (AvgIpc) is 2.36. The SMILES string of the molecule is CCC(C)(C)C1CCC(NC(=O)OCC(F)(F)F)CC1. The molecule has 1 rings (SSSR count). The minimum Gasteiger partial charge on any atom is -0.440 e. The molecule has 0 bridgehead atoms. The van der Waals surface area contributed by atoms with E-state index in [2.05, 4.69) is 30.8 Å². The van der Waals surface area contributed by atoms with Crippen LogP contribution in [0.15, 0.2) is 0 Å². The van der Waals surface area contributed by atoms with Gasteiger partial charge in [-0.25, -0.2) is 4.79 Å². The van der Waals surface area contributed by atoms with E-state index in [1.54, 1.807) is 0 Å². The zero-order chi connectivity index (χ0) is 15.4. The predicted octanol–water partition coefficient (Wildman–Crippen LogP) is 4.27. The van der Waals surface area contributed by atoms with Crippen LogP contribution < -0.4 is 5.32 Å². The van der Waals surface area contributed by atoms with Gasteiger partial charge in [-0.1, -0.05) is 27.2 Å². The molecule has 0 spiro atoms.